The van der Waals surface area contributed by atoms with E-state index in [0.717, 1.165) is 0 Å². The van der Waals surface area contributed by atoms with E-state index in [4.69, 9.17) is 0 Å². The third kappa shape index (κ3) is 3.08. The summed E-state index contributed by atoms with van der Waals surface area (Å²) in [4.78, 5) is 2.08. The molecular formula is C15H16N4. The van der Waals surface area contributed by atoms with Crippen LogP contribution in [0.2, 0.25) is 0 Å². The van der Waals surface area contributed by atoms with E-state index in [2.05, 4.69) is 47.1 Å². The van der Waals surface area contributed by atoms with E-state index >= 15 is 0 Å². The standard InChI is InChI=1S/C15H16N4/c1-12(2)19(11-13-6-4-3-5-7-13)15-14(10-16)8-9-17-18-15/h3-9,12H,11H2,1-2H3. The Morgan fingerprint density at radius 1 is 1.21 bits per heavy atom. The van der Waals surface area contributed by atoms with Gasteiger partial charge in [-0.3, -0.25) is 0 Å². The van der Waals surface area contributed by atoms with Gasteiger partial charge >= 0.3 is 0 Å². The minimum absolute atomic E-state index is 0.240. The predicted octanol–water partition coefficient (Wildman–Crippen LogP) is 2.76. The van der Waals surface area contributed by atoms with E-state index in [9.17, 15) is 5.26 Å². The van der Waals surface area contributed by atoms with Gasteiger partial charge < -0.3 is 4.90 Å². The van der Waals surface area contributed by atoms with Crippen LogP contribution in [-0.4, -0.2) is 16.2 Å². The normalized spacial score (nSPS) is 10.2. The number of aromatic nitrogens is 2. The third-order valence-electron chi connectivity index (χ3n) is 2.91. The lowest BCUT2D eigenvalue weighted by Crippen LogP contribution is -2.31. The SMILES string of the molecule is CC(C)N(Cc1ccccc1)c1nnccc1C#N. The lowest BCUT2D eigenvalue weighted by atomic mass is 10.1. The summed E-state index contributed by atoms with van der Waals surface area (Å²) in [5.74, 6) is 0.642. The van der Waals surface area contributed by atoms with Crippen LogP contribution in [0.5, 0.6) is 0 Å². The van der Waals surface area contributed by atoms with Crippen LogP contribution >= 0.6 is 0 Å². The van der Waals surface area contributed by atoms with Crippen LogP contribution in [-0.2, 0) is 6.54 Å². The molecule has 1 aromatic carbocycles. The summed E-state index contributed by atoms with van der Waals surface area (Å²) in [6.45, 7) is 4.88. The Kier molecular flexibility index (Phi) is 4.09. The van der Waals surface area contributed by atoms with Gasteiger partial charge in [0.25, 0.3) is 0 Å². The molecule has 0 amide bonds. The molecule has 0 radical (unpaired) electrons. The molecule has 0 atom stereocenters. The summed E-state index contributed by atoms with van der Waals surface area (Å²) in [6.07, 6.45) is 1.54. The van der Waals surface area contributed by atoms with Gasteiger partial charge in [-0.15, -0.1) is 5.10 Å². The number of hydrogen-bond donors (Lipinski definition) is 0. The summed E-state index contributed by atoms with van der Waals surface area (Å²) in [5, 5.41) is 17.2. The molecule has 0 saturated heterocycles. The predicted molar refractivity (Wildman–Crippen MR) is 74.5 cm³/mol. The molecule has 19 heavy (non-hydrogen) atoms. The highest BCUT2D eigenvalue weighted by Crippen LogP contribution is 2.20. The van der Waals surface area contributed by atoms with Crippen molar-refractivity contribution >= 4 is 5.82 Å². The fraction of sp³-hybridized carbons (Fsp3) is 0.267. The fourth-order valence-electron chi connectivity index (χ4n) is 1.91. The molecular weight excluding hydrogens is 236 g/mol. The molecule has 96 valence electrons. The van der Waals surface area contributed by atoms with Crippen LogP contribution in [0.1, 0.15) is 25.0 Å². The van der Waals surface area contributed by atoms with Crippen LogP contribution in [0, 0.1) is 11.3 Å². The number of hydrogen-bond acceptors (Lipinski definition) is 4. The van der Waals surface area contributed by atoms with Crippen molar-refractivity contribution in [2.45, 2.75) is 26.4 Å². The molecule has 0 unspecified atom stereocenters. The van der Waals surface area contributed by atoms with Crippen LogP contribution in [0.3, 0.4) is 0 Å². The maximum Gasteiger partial charge on any atom is 0.169 e. The van der Waals surface area contributed by atoms with Gasteiger partial charge in [0.1, 0.15) is 6.07 Å². The molecule has 0 spiro atoms. The molecule has 0 aliphatic rings. The monoisotopic (exact) mass is 252 g/mol. The second-order valence-electron chi connectivity index (χ2n) is 4.59. The van der Waals surface area contributed by atoms with Crippen LogP contribution in [0.25, 0.3) is 0 Å². The maximum atomic E-state index is 9.17. The number of nitrogens with zero attached hydrogens (tertiary/aromatic N) is 4. The highest BCUT2D eigenvalue weighted by Gasteiger charge is 2.16. The van der Waals surface area contributed by atoms with Crippen molar-refractivity contribution in [3.63, 3.8) is 0 Å². The van der Waals surface area contributed by atoms with Gasteiger partial charge in [0.15, 0.2) is 5.82 Å². The summed E-state index contributed by atoms with van der Waals surface area (Å²) >= 11 is 0. The first-order valence-electron chi connectivity index (χ1n) is 6.24. The van der Waals surface area contributed by atoms with Crippen molar-refractivity contribution in [2.75, 3.05) is 4.90 Å². The molecule has 0 aliphatic carbocycles. The van der Waals surface area contributed by atoms with Gasteiger partial charge in [-0.1, -0.05) is 30.3 Å². The summed E-state index contributed by atoms with van der Waals surface area (Å²) in [6, 6.07) is 14.3. The van der Waals surface area contributed by atoms with Crippen molar-refractivity contribution in [2.24, 2.45) is 0 Å². The van der Waals surface area contributed by atoms with Crippen LogP contribution in [0.15, 0.2) is 42.6 Å². The van der Waals surface area contributed by atoms with Gasteiger partial charge in [-0.05, 0) is 25.5 Å². The Morgan fingerprint density at radius 2 is 1.95 bits per heavy atom. The minimum atomic E-state index is 0.240. The van der Waals surface area contributed by atoms with Crippen molar-refractivity contribution in [3.8, 4) is 6.07 Å². The van der Waals surface area contributed by atoms with E-state index in [1.165, 1.54) is 5.56 Å². The summed E-state index contributed by atoms with van der Waals surface area (Å²) in [7, 11) is 0. The zero-order chi connectivity index (χ0) is 13.7. The van der Waals surface area contributed by atoms with E-state index in [-0.39, 0.29) is 6.04 Å². The van der Waals surface area contributed by atoms with Gasteiger partial charge in [0.2, 0.25) is 0 Å². The summed E-state index contributed by atoms with van der Waals surface area (Å²) < 4.78 is 0. The average Bonchev–Trinajstić information content (AvgIpc) is 2.45. The number of nitriles is 1. The van der Waals surface area contributed by atoms with Crippen molar-refractivity contribution in [1.82, 2.24) is 10.2 Å². The van der Waals surface area contributed by atoms with E-state index in [1.54, 1.807) is 12.3 Å². The Bertz CT molecular complexity index is 572. The first-order valence-corrected chi connectivity index (χ1v) is 6.24. The van der Waals surface area contributed by atoms with Gasteiger partial charge in [0.05, 0.1) is 11.8 Å². The molecule has 0 saturated carbocycles. The zero-order valence-electron chi connectivity index (χ0n) is 11.1. The second kappa shape index (κ2) is 5.96. The molecule has 0 fully saturated rings. The Balaban J connectivity index is 2.33. The fourth-order valence-corrected chi connectivity index (χ4v) is 1.91. The van der Waals surface area contributed by atoms with Crippen LogP contribution in [0.4, 0.5) is 5.82 Å². The third-order valence-corrected chi connectivity index (χ3v) is 2.91. The molecule has 1 aromatic heterocycles. The van der Waals surface area contributed by atoms with Gasteiger partial charge in [-0.2, -0.15) is 10.4 Å². The Morgan fingerprint density at radius 3 is 2.58 bits per heavy atom. The molecule has 0 N–H and O–H groups in total. The lowest BCUT2D eigenvalue weighted by Gasteiger charge is -2.28. The quantitative estimate of drug-likeness (QED) is 0.839. The number of rotatable bonds is 4. The van der Waals surface area contributed by atoms with E-state index in [1.807, 2.05) is 18.2 Å². The maximum absolute atomic E-state index is 9.17. The molecule has 4 heteroatoms. The molecule has 2 rings (SSSR count). The smallest absolute Gasteiger partial charge is 0.169 e. The molecule has 2 aromatic rings. The van der Waals surface area contributed by atoms with Crippen LogP contribution < -0.4 is 4.90 Å². The number of anilines is 1. The average molecular weight is 252 g/mol. The molecule has 1 heterocycles. The first kappa shape index (κ1) is 13.0. The highest BCUT2D eigenvalue weighted by molar-refractivity contribution is 5.53. The zero-order valence-corrected chi connectivity index (χ0v) is 11.1. The Hall–Kier alpha value is -2.41. The molecule has 0 aliphatic heterocycles. The number of benzene rings is 1. The summed E-state index contributed by atoms with van der Waals surface area (Å²) in [5.41, 5.74) is 1.74. The lowest BCUT2D eigenvalue weighted by molar-refractivity contribution is 0.665. The van der Waals surface area contributed by atoms with Crippen molar-refractivity contribution in [3.05, 3.63) is 53.7 Å². The van der Waals surface area contributed by atoms with Gasteiger partial charge in [0, 0.05) is 12.6 Å². The molecule has 0 bridgehead atoms. The highest BCUT2D eigenvalue weighted by atomic mass is 15.3. The van der Waals surface area contributed by atoms with E-state index < -0.39 is 0 Å². The topological polar surface area (TPSA) is 52.8 Å². The molecule has 4 nitrogen and oxygen atoms in total. The van der Waals surface area contributed by atoms with Crippen molar-refractivity contribution < 1.29 is 0 Å². The first-order chi connectivity index (χ1) is 9.22. The van der Waals surface area contributed by atoms with Crippen molar-refractivity contribution in [1.29, 1.82) is 5.26 Å². The Labute approximate surface area is 113 Å². The second-order valence-corrected chi connectivity index (χ2v) is 4.59. The van der Waals surface area contributed by atoms with E-state index in [0.29, 0.717) is 17.9 Å². The van der Waals surface area contributed by atoms with Gasteiger partial charge in [-0.25, -0.2) is 0 Å². The minimum Gasteiger partial charge on any atom is -0.347 e. The largest absolute Gasteiger partial charge is 0.347 e.